The van der Waals surface area contributed by atoms with Crippen molar-refractivity contribution in [1.82, 2.24) is 20.2 Å². The van der Waals surface area contributed by atoms with E-state index in [1.165, 1.54) is 17.3 Å². The highest BCUT2D eigenvalue weighted by Gasteiger charge is 2.14. The molecule has 7 heteroatoms. The standard InChI is InChI=1S/C19H21N5OS/c1-12-8-13(2)10-16(9-12)20-18(25)11-26-19-21-22-23-24(19)17-7-5-6-14(3)15(17)4/h5-10H,11H2,1-4H3,(H,20,25). The normalized spacial score (nSPS) is 10.8. The van der Waals surface area contributed by atoms with Gasteiger partial charge in [-0.25, -0.2) is 0 Å². The zero-order valence-electron chi connectivity index (χ0n) is 15.3. The van der Waals surface area contributed by atoms with E-state index >= 15 is 0 Å². The van der Waals surface area contributed by atoms with Gasteiger partial charge in [0.25, 0.3) is 0 Å². The van der Waals surface area contributed by atoms with E-state index in [2.05, 4.69) is 26.9 Å². The molecule has 0 fully saturated rings. The number of anilines is 1. The van der Waals surface area contributed by atoms with Gasteiger partial charge in [-0.1, -0.05) is 30.0 Å². The number of amides is 1. The topological polar surface area (TPSA) is 72.7 Å². The van der Waals surface area contributed by atoms with Crippen LogP contribution in [0.5, 0.6) is 0 Å². The Hall–Kier alpha value is -2.67. The highest BCUT2D eigenvalue weighted by molar-refractivity contribution is 7.99. The molecule has 1 aromatic heterocycles. The predicted octanol–water partition coefficient (Wildman–Crippen LogP) is 3.63. The highest BCUT2D eigenvalue weighted by Crippen LogP contribution is 2.22. The van der Waals surface area contributed by atoms with Gasteiger partial charge in [-0.05, 0) is 78.6 Å². The van der Waals surface area contributed by atoms with E-state index in [9.17, 15) is 4.79 Å². The third-order valence-corrected chi connectivity index (χ3v) is 5.00. The molecular weight excluding hydrogens is 346 g/mol. The van der Waals surface area contributed by atoms with Gasteiger partial charge in [-0.15, -0.1) is 5.10 Å². The van der Waals surface area contributed by atoms with Crippen molar-refractivity contribution < 1.29 is 4.79 Å². The lowest BCUT2D eigenvalue weighted by atomic mass is 10.1. The van der Waals surface area contributed by atoms with E-state index in [-0.39, 0.29) is 11.7 Å². The number of nitrogens with zero attached hydrogens (tertiary/aromatic N) is 4. The summed E-state index contributed by atoms with van der Waals surface area (Å²) in [5.41, 5.74) is 6.25. The van der Waals surface area contributed by atoms with Gasteiger partial charge >= 0.3 is 0 Å². The molecule has 134 valence electrons. The summed E-state index contributed by atoms with van der Waals surface area (Å²) in [4.78, 5) is 12.3. The van der Waals surface area contributed by atoms with Crippen molar-refractivity contribution >= 4 is 23.4 Å². The van der Waals surface area contributed by atoms with Crippen molar-refractivity contribution in [1.29, 1.82) is 0 Å². The molecule has 0 spiro atoms. The molecule has 0 aliphatic heterocycles. The van der Waals surface area contributed by atoms with Crippen molar-refractivity contribution in [2.45, 2.75) is 32.9 Å². The molecule has 1 heterocycles. The smallest absolute Gasteiger partial charge is 0.234 e. The van der Waals surface area contributed by atoms with Crippen molar-refractivity contribution in [2.24, 2.45) is 0 Å². The fourth-order valence-electron chi connectivity index (χ4n) is 2.76. The second-order valence-electron chi connectivity index (χ2n) is 6.31. The minimum absolute atomic E-state index is 0.0875. The summed E-state index contributed by atoms with van der Waals surface area (Å²) < 4.78 is 1.68. The van der Waals surface area contributed by atoms with Crippen LogP contribution >= 0.6 is 11.8 Å². The summed E-state index contributed by atoms with van der Waals surface area (Å²) in [6, 6.07) is 12.0. The number of carbonyl (C=O) groups excluding carboxylic acids is 1. The molecule has 1 N–H and O–H groups in total. The molecule has 0 aliphatic carbocycles. The monoisotopic (exact) mass is 367 g/mol. The quantitative estimate of drug-likeness (QED) is 0.697. The summed E-state index contributed by atoms with van der Waals surface area (Å²) in [7, 11) is 0. The van der Waals surface area contributed by atoms with Gasteiger partial charge in [0.1, 0.15) is 0 Å². The molecule has 3 rings (SSSR count). The highest BCUT2D eigenvalue weighted by atomic mass is 32.2. The Labute approximate surface area is 157 Å². The minimum Gasteiger partial charge on any atom is -0.325 e. The molecule has 3 aromatic rings. The molecule has 0 unspecified atom stereocenters. The molecular formula is C19H21N5OS. The predicted molar refractivity (Wildman–Crippen MR) is 104 cm³/mol. The second kappa shape index (κ2) is 7.70. The average molecular weight is 367 g/mol. The van der Waals surface area contributed by atoms with Gasteiger partial charge in [-0.2, -0.15) is 4.68 Å². The fraction of sp³-hybridized carbons (Fsp3) is 0.263. The van der Waals surface area contributed by atoms with Crippen molar-refractivity contribution in [2.75, 3.05) is 11.1 Å². The summed E-state index contributed by atoms with van der Waals surface area (Å²) in [6.45, 7) is 8.10. The molecule has 0 saturated heterocycles. The number of tetrazole rings is 1. The molecule has 0 bridgehead atoms. The number of benzene rings is 2. The molecule has 0 atom stereocenters. The minimum atomic E-state index is -0.0875. The van der Waals surface area contributed by atoms with Crippen molar-refractivity contribution in [3.8, 4) is 5.69 Å². The van der Waals surface area contributed by atoms with Crippen LogP contribution in [0.2, 0.25) is 0 Å². The van der Waals surface area contributed by atoms with Gasteiger partial charge in [0.2, 0.25) is 11.1 Å². The van der Waals surface area contributed by atoms with Crippen molar-refractivity contribution in [3.05, 3.63) is 58.7 Å². The number of carbonyl (C=O) groups is 1. The van der Waals surface area contributed by atoms with Crippen molar-refractivity contribution in [3.63, 3.8) is 0 Å². The van der Waals surface area contributed by atoms with E-state index in [0.29, 0.717) is 5.16 Å². The van der Waals surface area contributed by atoms with Gasteiger partial charge in [0.05, 0.1) is 11.4 Å². The summed E-state index contributed by atoms with van der Waals surface area (Å²) in [5.74, 6) is 0.147. The van der Waals surface area contributed by atoms with Gasteiger partial charge < -0.3 is 5.32 Å². The van der Waals surface area contributed by atoms with Crippen LogP contribution in [0.4, 0.5) is 5.69 Å². The Morgan fingerprint density at radius 3 is 2.58 bits per heavy atom. The second-order valence-corrected chi connectivity index (χ2v) is 7.25. The number of thioether (sulfide) groups is 1. The van der Waals surface area contributed by atoms with Gasteiger partial charge in [0.15, 0.2) is 0 Å². The van der Waals surface area contributed by atoms with Crippen LogP contribution in [-0.2, 0) is 4.79 Å². The first-order valence-electron chi connectivity index (χ1n) is 8.30. The lowest BCUT2D eigenvalue weighted by Crippen LogP contribution is -2.15. The van der Waals surface area contributed by atoms with Crippen LogP contribution in [0.3, 0.4) is 0 Å². The van der Waals surface area contributed by atoms with Crippen LogP contribution in [0.1, 0.15) is 22.3 Å². The van der Waals surface area contributed by atoms with E-state index in [0.717, 1.165) is 28.1 Å². The fourth-order valence-corrected chi connectivity index (χ4v) is 3.44. The molecule has 0 aliphatic rings. The third-order valence-electron chi connectivity index (χ3n) is 4.08. The molecule has 0 radical (unpaired) electrons. The number of rotatable bonds is 5. The Kier molecular flexibility index (Phi) is 5.37. The summed E-state index contributed by atoms with van der Waals surface area (Å²) in [5, 5.41) is 15.4. The SMILES string of the molecule is Cc1cc(C)cc(NC(=O)CSc2nnnn2-c2cccc(C)c2C)c1. The Morgan fingerprint density at radius 2 is 1.85 bits per heavy atom. The lowest BCUT2D eigenvalue weighted by molar-refractivity contribution is -0.113. The maximum atomic E-state index is 12.3. The zero-order chi connectivity index (χ0) is 18.7. The first-order valence-corrected chi connectivity index (χ1v) is 9.28. The van der Waals surface area contributed by atoms with E-state index in [1.807, 2.05) is 58.0 Å². The zero-order valence-corrected chi connectivity index (χ0v) is 16.1. The van der Waals surface area contributed by atoms with Gasteiger partial charge in [-0.3, -0.25) is 4.79 Å². The maximum absolute atomic E-state index is 12.3. The van der Waals surface area contributed by atoms with E-state index < -0.39 is 0 Å². The molecule has 0 saturated carbocycles. The van der Waals surface area contributed by atoms with E-state index in [4.69, 9.17) is 0 Å². The third kappa shape index (κ3) is 4.11. The Bertz CT molecular complexity index is 931. The van der Waals surface area contributed by atoms with E-state index in [1.54, 1.807) is 4.68 Å². The van der Waals surface area contributed by atoms with Crippen LogP contribution in [0.15, 0.2) is 41.6 Å². The molecule has 2 aromatic carbocycles. The summed E-state index contributed by atoms with van der Waals surface area (Å²) >= 11 is 1.31. The average Bonchev–Trinajstić information content (AvgIpc) is 3.03. The lowest BCUT2D eigenvalue weighted by Gasteiger charge is -2.10. The molecule has 26 heavy (non-hydrogen) atoms. The Balaban J connectivity index is 1.70. The first-order chi connectivity index (χ1) is 12.4. The number of hydrogen-bond acceptors (Lipinski definition) is 5. The number of nitrogens with one attached hydrogen (secondary N) is 1. The number of aromatic nitrogens is 4. The largest absolute Gasteiger partial charge is 0.325 e. The Morgan fingerprint density at radius 1 is 1.12 bits per heavy atom. The van der Waals surface area contributed by atoms with Crippen LogP contribution in [-0.4, -0.2) is 31.9 Å². The van der Waals surface area contributed by atoms with Crippen LogP contribution < -0.4 is 5.32 Å². The molecule has 1 amide bonds. The summed E-state index contributed by atoms with van der Waals surface area (Å²) in [6.07, 6.45) is 0. The van der Waals surface area contributed by atoms with Crippen LogP contribution in [0.25, 0.3) is 5.69 Å². The number of hydrogen-bond donors (Lipinski definition) is 1. The number of aryl methyl sites for hydroxylation is 3. The van der Waals surface area contributed by atoms with Crippen LogP contribution in [0, 0.1) is 27.7 Å². The van der Waals surface area contributed by atoms with Gasteiger partial charge in [0, 0.05) is 5.69 Å². The maximum Gasteiger partial charge on any atom is 0.234 e. The molecule has 6 nitrogen and oxygen atoms in total. The first kappa shape index (κ1) is 18.1.